The van der Waals surface area contributed by atoms with Crippen molar-refractivity contribution in [3.8, 4) is 0 Å². The third kappa shape index (κ3) is 4.30. The van der Waals surface area contributed by atoms with Gasteiger partial charge in [0, 0.05) is 5.92 Å². The molecule has 1 amide bonds. The van der Waals surface area contributed by atoms with E-state index >= 15 is 0 Å². The van der Waals surface area contributed by atoms with Gasteiger partial charge in [-0.25, -0.2) is 0 Å². The number of unbranched alkanes of at least 4 members (excludes halogenated alkanes) is 1. The van der Waals surface area contributed by atoms with E-state index in [1.807, 2.05) is 6.92 Å². The summed E-state index contributed by atoms with van der Waals surface area (Å²) in [5.41, 5.74) is 0. The van der Waals surface area contributed by atoms with E-state index in [4.69, 9.17) is 0 Å². The first kappa shape index (κ1) is 10.8. The quantitative estimate of drug-likeness (QED) is 0.616. The molecule has 0 saturated carbocycles. The van der Waals surface area contributed by atoms with Crippen LogP contribution in [0.4, 0.5) is 0 Å². The minimum atomic E-state index is 0.0595. The molecule has 0 bridgehead atoms. The van der Waals surface area contributed by atoms with Gasteiger partial charge in [-0.3, -0.25) is 4.79 Å². The van der Waals surface area contributed by atoms with E-state index in [2.05, 4.69) is 24.5 Å². The van der Waals surface area contributed by atoms with Crippen molar-refractivity contribution in [3.05, 3.63) is 0 Å². The van der Waals surface area contributed by atoms with Gasteiger partial charge in [-0.1, -0.05) is 39.5 Å². The van der Waals surface area contributed by atoms with Crippen LogP contribution in [0.3, 0.4) is 0 Å². The van der Waals surface area contributed by atoms with Crippen LogP contribution in [0.15, 0.2) is 0 Å². The lowest BCUT2D eigenvalue weighted by Crippen LogP contribution is -2.23. The first-order chi connectivity index (χ1) is 5.26. The van der Waals surface area contributed by atoms with Gasteiger partial charge in [0.2, 0.25) is 5.91 Å². The topological polar surface area (TPSA) is 29.1 Å². The fraction of sp³-hybridized carbons (Fsp3) is 0.875. The van der Waals surface area contributed by atoms with E-state index in [0.717, 1.165) is 25.7 Å². The number of hydrogen-bond acceptors (Lipinski definition) is 2. The Morgan fingerprint density at radius 1 is 1.55 bits per heavy atom. The standard InChI is InChI=1S/C8H17NOS/c1-3-5-6-7(4-2)8(10)9-11/h7,11H,3-6H2,1-2H3,(H,9,10). The largest absolute Gasteiger partial charge is 0.303 e. The number of rotatable bonds is 5. The lowest BCUT2D eigenvalue weighted by Gasteiger charge is -2.10. The van der Waals surface area contributed by atoms with Gasteiger partial charge in [0.25, 0.3) is 0 Å². The summed E-state index contributed by atoms with van der Waals surface area (Å²) in [4.78, 5) is 11.1. The SMILES string of the molecule is CCCCC(CC)C(=O)NS. The number of carbonyl (C=O) groups excluding carboxylic acids is 1. The molecule has 0 fully saturated rings. The maximum absolute atomic E-state index is 11.1. The summed E-state index contributed by atoms with van der Waals surface area (Å²) in [5.74, 6) is 0.219. The number of thiol groups is 1. The summed E-state index contributed by atoms with van der Waals surface area (Å²) in [6.45, 7) is 4.16. The summed E-state index contributed by atoms with van der Waals surface area (Å²) in [6.07, 6.45) is 4.17. The van der Waals surface area contributed by atoms with Gasteiger partial charge in [-0.15, -0.1) is 0 Å². The van der Waals surface area contributed by atoms with Gasteiger partial charge in [-0.2, -0.15) is 0 Å². The molecule has 1 atom stereocenters. The molecule has 0 radical (unpaired) electrons. The molecule has 0 rings (SSSR count). The van der Waals surface area contributed by atoms with Gasteiger partial charge in [0.1, 0.15) is 0 Å². The molecule has 1 N–H and O–H groups in total. The molecule has 0 aliphatic carbocycles. The maximum Gasteiger partial charge on any atom is 0.232 e. The second-order valence-corrected chi connectivity index (χ2v) is 2.95. The van der Waals surface area contributed by atoms with Crippen molar-refractivity contribution in [2.24, 2.45) is 5.92 Å². The summed E-state index contributed by atoms with van der Waals surface area (Å²) in [7, 11) is 0. The molecular weight excluding hydrogens is 158 g/mol. The van der Waals surface area contributed by atoms with Crippen LogP contribution in [0.2, 0.25) is 0 Å². The summed E-state index contributed by atoms with van der Waals surface area (Å²) in [6, 6.07) is 0. The predicted molar refractivity (Wildman–Crippen MR) is 50.4 cm³/mol. The van der Waals surface area contributed by atoms with Gasteiger partial charge in [0.05, 0.1) is 0 Å². The van der Waals surface area contributed by atoms with E-state index in [1.165, 1.54) is 0 Å². The molecule has 0 saturated heterocycles. The average Bonchev–Trinajstić information content (AvgIpc) is 2.05. The zero-order valence-electron chi connectivity index (χ0n) is 7.26. The summed E-state index contributed by atoms with van der Waals surface area (Å²) < 4.78 is 2.38. The maximum atomic E-state index is 11.1. The summed E-state index contributed by atoms with van der Waals surface area (Å²) >= 11 is 3.73. The van der Waals surface area contributed by atoms with Crippen molar-refractivity contribution in [2.75, 3.05) is 0 Å². The predicted octanol–water partition coefficient (Wildman–Crippen LogP) is 2.16. The lowest BCUT2D eigenvalue weighted by molar-refractivity contribution is -0.123. The molecule has 0 spiro atoms. The first-order valence-corrected chi connectivity index (χ1v) is 4.64. The molecule has 0 heterocycles. The minimum absolute atomic E-state index is 0.0595. The van der Waals surface area contributed by atoms with Crippen molar-refractivity contribution < 1.29 is 4.79 Å². The Morgan fingerprint density at radius 3 is 2.55 bits per heavy atom. The second-order valence-electron chi connectivity index (χ2n) is 2.72. The molecule has 0 aliphatic heterocycles. The minimum Gasteiger partial charge on any atom is -0.303 e. The van der Waals surface area contributed by atoms with Crippen LogP contribution in [0.25, 0.3) is 0 Å². The Labute approximate surface area is 74.3 Å². The molecule has 2 nitrogen and oxygen atoms in total. The van der Waals surface area contributed by atoms with Crippen LogP contribution in [-0.4, -0.2) is 5.91 Å². The highest BCUT2D eigenvalue weighted by molar-refractivity contribution is 7.78. The average molecular weight is 175 g/mol. The Morgan fingerprint density at radius 2 is 2.18 bits per heavy atom. The van der Waals surface area contributed by atoms with Crippen molar-refractivity contribution in [2.45, 2.75) is 39.5 Å². The Bertz CT molecular complexity index is 117. The number of nitrogens with one attached hydrogen (secondary N) is 1. The van der Waals surface area contributed by atoms with E-state index in [9.17, 15) is 4.79 Å². The molecule has 3 heteroatoms. The van der Waals surface area contributed by atoms with Crippen molar-refractivity contribution in [1.82, 2.24) is 4.72 Å². The van der Waals surface area contributed by atoms with Crippen LogP contribution in [-0.2, 0) is 4.79 Å². The van der Waals surface area contributed by atoms with Gasteiger partial charge in [-0.05, 0) is 12.8 Å². The van der Waals surface area contributed by atoms with Crippen molar-refractivity contribution >= 4 is 18.7 Å². The van der Waals surface area contributed by atoms with Gasteiger partial charge in [0.15, 0.2) is 0 Å². The van der Waals surface area contributed by atoms with Crippen LogP contribution in [0.1, 0.15) is 39.5 Å². The molecule has 66 valence electrons. The zero-order chi connectivity index (χ0) is 8.69. The lowest BCUT2D eigenvalue weighted by atomic mass is 9.99. The highest BCUT2D eigenvalue weighted by atomic mass is 32.1. The molecule has 0 aromatic rings. The zero-order valence-corrected chi connectivity index (χ0v) is 8.16. The van der Waals surface area contributed by atoms with Crippen LogP contribution >= 0.6 is 12.8 Å². The first-order valence-electron chi connectivity index (χ1n) is 4.20. The fourth-order valence-corrected chi connectivity index (χ4v) is 1.24. The van der Waals surface area contributed by atoms with Crippen molar-refractivity contribution in [1.29, 1.82) is 0 Å². The smallest absolute Gasteiger partial charge is 0.232 e. The van der Waals surface area contributed by atoms with E-state index in [-0.39, 0.29) is 11.8 Å². The van der Waals surface area contributed by atoms with E-state index in [1.54, 1.807) is 0 Å². The molecule has 11 heavy (non-hydrogen) atoms. The molecule has 0 aromatic carbocycles. The molecule has 1 unspecified atom stereocenters. The van der Waals surface area contributed by atoms with Gasteiger partial charge >= 0.3 is 0 Å². The number of carbonyl (C=O) groups is 1. The van der Waals surface area contributed by atoms with E-state index < -0.39 is 0 Å². The van der Waals surface area contributed by atoms with Crippen LogP contribution in [0.5, 0.6) is 0 Å². The number of amides is 1. The van der Waals surface area contributed by atoms with Crippen LogP contribution in [0, 0.1) is 5.92 Å². The molecule has 0 aliphatic rings. The number of hydrogen-bond donors (Lipinski definition) is 2. The Kier molecular flexibility index (Phi) is 6.42. The summed E-state index contributed by atoms with van der Waals surface area (Å²) in [5, 5.41) is 0. The van der Waals surface area contributed by atoms with Crippen molar-refractivity contribution in [3.63, 3.8) is 0 Å². The van der Waals surface area contributed by atoms with Gasteiger partial charge < -0.3 is 4.72 Å². The monoisotopic (exact) mass is 175 g/mol. The van der Waals surface area contributed by atoms with E-state index in [0.29, 0.717) is 0 Å². The third-order valence-corrected chi connectivity index (χ3v) is 2.10. The van der Waals surface area contributed by atoms with Crippen LogP contribution < -0.4 is 4.72 Å². The normalized spacial score (nSPS) is 12.6. The fourth-order valence-electron chi connectivity index (χ4n) is 1.06. The Hall–Kier alpha value is -0.180. The third-order valence-electron chi connectivity index (χ3n) is 1.88. The molecule has 0 aromatic heterocycles. The Balaban J connectivity index is 3.65. The highest BCUT2D eigenvalue weighted by Crippen LogP contribution is 2.12. The molecular formula is C8H17NOS. The second kappa shape index (κ2) is 6.53. The highest BCUT2D eigenvalue weighted by Gasteiger charge is 2.13.